The summed E-state index contributed by atoms with van der Waals surface area (Å²) in [5.41, 5.74) is 6.91. The number of phenols is 1. The first-order valence-electron chi connectivity index (χ1n) is 4.94. The van der Waals surface area contributed by atoms with Crippen LogP contribution in [0.15, 0.2) is 30.6 Å². The summed E-state index contributed by atoms with van der Waals surface area (Å²) in [4.78, 5) is 7.96. The predicted octanol–water partition coefficient (Wildman–Crippen LogP) is 2.03. The average Bonchev–Trinajstić information content (AvgIpc) is 2.32. The van der Waals surface area contributed by atoms with E-state index in [1.807, 2.05) is 0 Å². The van der Waals surface area contributed by atoms with Gasteiger partial charge in [-0.3, -0.25) is 0 Å². The summed E-state index contributed by atoms with van der Waals surface area (Å²) in [6.45, 7) is 0.387. The summed E-state index contributed by atoms with van der Waals surface area (Å²) in [5.74, 6) is 0.622. The Morgan fingerprint density at radius 1 is 1.29 bits per heavy atom. The molecule has 0 saturated heterocycles. The molecule has 2 aromatic rings. The van der Waals surface area contributed by atoms with Crippen LogP contribution >= 0.6 is 11.6 Å². The number of nitrogen functional groups attached to an aromatic ring is 1. The molecular weight excluding hydrogens is 240 g/mol. The van der Waals surface area contributed by atoms with Crippen LogP contribution in [0, 0.1) is 0 Å². The van der Waals surface area contributed by atoms with Gasteiger partial charge in [-0.15, -0.1) is 0 Å². The number of aromatic hydroxyl groups is 1. The number of aromatic nitrogens is 2. The molecule has 88 valence electrons. The van der Waals surface area contributed by atoms with E-state index >= 15 is 0 Å². The van der Waals surface area contributed by atoms with Crippen LogP contribution in [0.5, 0.6) is 5.75 Å². The van der Waals surface area contributed by atoms with Crippen molar-refractivity contribution in [1.82, 2.24) is 9.97 Å². The van der Waals surface area contributed by atoms with Crippen molar-refractivity contribution in [2.24, 2.45) is 0 Å². The molecule has 0 aliphatic rings. The lowest BCUT2D eigenvalue weighted by Gasteiger charge is -2.07. The minimum absolute atomic E-state index is 0.181. The van der Waals surface area contributed by atoms with E-state index in [0.29, 0.717) is 28.8 Å². The number of phenolic OH excluding ortho intramolecular Hbond substituents is 1. The van der Waals surface area contributed by atoms with E-state index < -0.39 is 0 Å². The van der Waals surface area contributed by atoms with E-state index in [4.69, 9.17) is 17.3 Å². The molecule has 17 heavy (non-hydrogen) atoms. The molecule has 0 spiro atoms. The van der Waals surface area contributed by atoms with Crippen LogP contribution < -0.4 is 11.1 Å². The van der Waals surface area contributed by atoms with Crippen molar-refractivity contribution in [3.8, 4) is 5.75 Å². The smallest absolute Gasteiger partial charge is 0.222 e. The number of hydrogen-bond donors (Lipinski definition) is 3. The van der Waals surface area contributed by atoms with Gasteiger partial charge in [0.25, 0.3) is 0 Å². The monoisotopic (exact) mass is 250 g/mol. The van der Waals surface area contributed by atoms with Crippen molar-refractivity contribution in [2.45, 2.75) is 6.54 Å². The van der Waals surface area contributed by atoms with Crippen molar-refractivity contribution in [1.29, 1.82) is 0 Å². The molecule has 0 unspecified atom stereocenters. The van der Waals surface area contributed by atoms with Gasteiger partial charge in [0.2, 0.25) is 5.95 Å². The van der Waals surface area contributed by atoms with Gasteiger partial charge in [0.15, 0.2) is 0 Å². The number of hydrogen-bond acceptors (Lipinski definition) is 5. The quantitative estimate of drug-likeness (QED) is 0.573. The van der Waals surface area contributed by atoms with E-state index in [0.717, 1.165) is 0 Å². The Bertz CT molecular complexity index is 515. The van der Waals surface area contributed by atoms with Crippen molar-refractivity contribution >= 4 is 23.2 Å². The maximum absolute atomic E-state index is 9.60. The molecule has 0 saturated carbocycles. The first kappa shape index (κ1) is 11.5. The molecule has 6 heteroatoms. The van der Waals surface area contributed by atoms with E-state index in [1.54, 1.807) is 18.2 Å². The van der Waals surface area contributed by atoms with Crippen molar-refractivity contribution in [3.63, 3.8) is 0 Å². The lowest BCUT2D eigenvalue weighted by atomic mass is 10.2. The summed E-state index contributed by atoms with van der Waals surface area (Å²) >= 11 is 5.67. The van der Waals surface area contributed by atoms with Crippen molar-refractivity contribution < 1.29 is 5.11 Å². The summed E-state index contributed by atoms with van der Waals surface area (Å²) in [6, 6.07) is 4.88. The Kier molecular flexibility index (Phi) is 3.30. The second kappa shape index (κ2) is 4.88. The molecule has 1 aromatic carbocycles. The minimum Gasteiger partial charge on any atom is -0.508 e. The Labute approximate surface area is 103 Å². The summed E-state index contributed by atoms with van der Waals surface area (Å²) in [7, 11) is 0. The molecular formula is C11H11ClN4O. The van der Waals surface area contributed by atoms with Crippen LogP contribution in [0.25, 0.3) is 0 Å². The van der Waals surface area contributed by atoms with Gasteiger partial charge < -0.3 is 16.2 Å². The second-order valence-electron chi connectivity index (χ2n) is 3.47. The molecule has 0 aliphatic carbocycles. The van der Waals surface area contributed by atoms with Crippen LogP contribution in [-0.4, -0.2) is 15.1 Å². The summed E-state index contributed by atoms with van der Waals surface area (Å²) in [6.07, 6.45) is 2.99. The molecule has 0 fully saturated rings. The molecule has 0 bridgehead atoms. The number of benzene rings is 1. The lowest BCUT2D eigenvalue weighted by Crippen LogP contribution is -2.03. The van der Waals surface area contributed by atoms with Gasteiger partial charge in [-0.1, -0.05) is 11.6 Å². The van der Waals surface area contributed by atoms with Crippen LogP contribution in [0.4, 0.5) is 11.6 Å². The molecule has 1 heterocycles. The third kappa shape index (κ3) is 2.98. The first-order chi connectivity index (χ1) is 8.15. The van der Waals surface area contributed by atoms with Crippen molar-refractivity contribution in [3.05, 3.63) is 41.2 Å². The predicted molar refractivity (Wildman–Crippen MR) is 66.9 cm³/mol. The highest BCUT2D eigenvalue weighted by molar-refractivity contribution is 6.30. The van der Waals surface area contributed by atoms with Crippen molar-refractivity contribution in [2.75, 3.05) is 11.1 Å². The molecule has 4 N–H and O–H groups in total. The zero-order valence-corrected chi connectivity index (χ0v) is 9.65. The largest absolute Gasteiger partial charge is 0.508 e. The Morgan fingerprint density at radius 2 is 2.00 bits per heavy atom. The van der Waals surface area contributed by atoms with Crippen LogP contribution in [0.3, 0.4) is 0 Å². The van der Waals surface area contributed by atoms with Gasteiger partial charge in [0.05, 0.1) is 17.4 Å². The number of nitrogens with one attached hydrogen (secondary N) is 1. The second-order valence-corrected chi connectivity index (χ2v) is 3.90. The highest BCUT2D eigenvalue weighted by Gasteiger charge is 2.02. The molecule has 1 aromatic heterocycles. The fourth-order valence-electron chi connectivity index (χ4n) is 1.32. The van der Waals surface area contributed by atoms with Gasteiger partial charge in [-0.05, 0) is 18.2 Å². The molecule has 0 radical (unpaired) electrons. The molecule has 0 amide bonds. The highest BCUT2D eigenvalue weighted by Crippen LogP contribution is 2.20. The molecule has 2 rings (SSSR count). The minimum atomic E-state index is 0.181. The molecule has 5 nitrogen and oxygen atoms in total. The van der Waals surface area contributed by atoms with Gasteiger partial charge >= 0.3 is 0 Å². The van der Waals surface area contributed by atoms with Gasteiger partial charge in [0.1, 0.15) is 5.75 Å². The maximum Gasteiger partial charge on any atom is 0.222 e. The zero-order valence-electron chi connectivity index (χ0n) is 8.89. The fourth-order valence-corrected chi connectivity index (χ4v) is 1.42. The molecule has 0 aliphatic heterocycles. The van der Waals surface area contributed by atoms with E-state index in [-0.39, 0.29) is 5.75 Å². The number of nitrogens with zero attached hydrogens (tertiary/aromatic N) is 2. The number of halogens is 1. The lowest BCUT2D eigenvalue weighted by molar-refractivity contribution is 0.469. The van der Waals surface area contributed by atoms with E-state index in [2.05, 4.69) is 15.3 Å². The normalized spacial score (nSPS) is 10.2. The van der Waals surface area contributed by atoms with E-state index in [9.17, 15) is 5.11 Å². The fraction of sp³-hybridized carbons (Fsp3) is 0.0909. The number of nitrogens with two attached hydrogens (primary N) is 1. The highest BCUT2D eigenvalue weighted by atomic mass is 35.5. The van der Waals surface area contributed by atoms with Gasteiger partial charge in [-0.25, -0.2) is 9.97 Å². The SMILES string of the molecule is Nc1ccc(O)c(CNc2ncc(Cl)cn2)c1. The van der Waals surface area contributed by atoms with E-state index in [1.165, 1.54) is 12.4 Å². The maximum atomic E-state index is 9.60. The number of anilines is 2. The summed E-state index contributed by atoms with van der Waals surface area (Å²) in [5, 5.41) is 13.0. The Balaban J connectivity index is 2.07. The van der Waals surface area contributed by atoms with Crippen LogP contribution in [-0.2, 0) is 6.54 Å². The third-order valence-corrected chi connectivity index (χ3v) is 2.36. The zero-order chi connectivity index (χ0) is 12.3. The van der Waals surface area contributed by atoms with Gasteiger partial charge in [-0.2, -0.15) is 0 Å². The van der Waals surface area contributed by atoms with Crippen LogP contribution in [0.2, 0.25) is 5.02 Å². The van der Waals surface area contributed by atoms with Crippen LogP contribution in [0.1, 0.15) is 5.56 Å². The Hall–Kier alpha value is -2.01. The standard InChI is InChI=1S/C11H11ClN4O/c12-8-5-15-11(16-6-8)14-4-7-3-9(13)1-2-10(7)17/h1-3,5-6,17H,4,13H2,(H,14,15,16). The topological polar surface area (TPSA) is 84.1 Å². The Morgan fingerprint density at radius 3 is 2.71 bits per heavy atom. The average molecular weight is 251 g/mol. The molecule has 0 atom stereocenters. The van der Waals surface area contributed by atoms with Gasteiger partial charge in [0, 0.05) is 17.8 Å². The third-order valence-electron chi connectivity index (χ3n) is 2.16. The summed E-state index contributed by atoms with van der Waals surface area (Å²) < 4.78 is 0. The first-order valence-corrected chi connectivity index (χ1v) is 5.32. The number of rotatable bonds is 3.